The molecule has 4 heteroatoms. The van der Waals surface area contributed by atoms with Gasteiger partial charge in [-0.25, -0.2) is 0 Å². The Morgan fingerprint density at radius 1 is 1.00 bits per heavy atom. The Labute approximate surface area is 123 Å². The van der Waals surface area contributed by atoms with E-state index in [9.17, 15) is 9.46 Å². The zero-order valence-electron chi connectivity index (χ0n) is 11.8. The molecule has 0 fully saturated rings. The third-order valence-electron chi connectivity index (χ3n) is 3.54. The van der Waals surface area contributed by atoms with Crippen molar-refractivity contribution < 1.29 is 14.0 Å². The lowest BCUT2D eigenvalue weighted by Gasteiger charge is -2.13. The van der Waals surface area contributed by atoms with Crippen molar-refractivity contribution in [3.05, 3.63) is 60.2 Å². The number of benzene rings is 3. The van der Waals surface area contributed by atoms with Crippen LogP contribution in [-0.2, 0) is 15.3 Å². The fourth-order valence-electron chi connectivity index (χ4n) is 2.63. The second-order valence-electron chi connectivity index (χ2n) is 5.05. The third kappa shape index (κ3) is 3.01. The summed E-state index contributed by atoms with van der Waals surface area (Å²) in [7, 11) is -3.58. The predicted molar refractivity (Wildman–Crippen MR) is 86.6 cm³/mol. The molecule has 0 heterocycles. The molecule has 3 nitrogen and oxygen atoms in total. The van der Waals surface area contributed by atoms with Gasteiger partial charge in [0, 0.05) is 0 Å². The minimum atomic E-state index is -3.58. The van der Waals surface area contributed by atoms with E-state index >= 15 is 0 Å². The maximum absolute atomic E-state index is 12.0. The Kier molecular flexibility index (Phi) is 3.81. The van der Waals surface area contributed by atoms with Crippen molar-refractivity contribution in [2.75, 3.05) is 6.61 Å². The van der Waals surface area contributed by atoms with Crippen LogP contribution >= 0.6 is 7.60 Å². The van der Waals surface area contributed by atoms with Gasteiger partial charge in [0.15, 0.2) is 0 Å². The van der Waals surface area contributed by atoms with Crippen molar-refractivity contribution in [3.8, 4) is 0 Å². The Balaban J connectivity index is 2.15. The Hall–Kier alpha value is -1.67. The summed E-state index contributed by atoms with van der Waals surface area (Å²) in [6, 6.07) is 18.1. The molecule has 3 rings (SSSR count). The van der Waals surface area contributed by atoms with Gasteiger partial charge in [-0.05, 0) is 46.2 Å². The first-order valence-electron chi connectivity index (χ1n) is 6.96. The second kappa shape index (κ2) is 5.61. The van der Waals surface area contributed by atoms with E-state index in [1.165, 1.54) is 5.39 Å². The molecule has 1 atom stereocenters. The zero-order valence-corrected chi connectivity index (χ0v) is 12.7. The Bertz CT molecular complexity index is 842. The number of rotatable bonds is 4. The van der Waals surface area contributed by atoms with Gasteiger partial charge >= 0.3 is 7.60 Å². The van der Waals surface area contributed by atoms with Crippen LogP contribution in [0.3, 0.4) is 0 Å². The van der Waals surface area contributed by atoms with Gasteiger partial charge in [0.2, 0.25) is 0 Å². The molecular weight excluding hydrogens is 283 g/mol. The Morgan fingerprint density at radius 3 is 2.38 bits per heavy atom. The molecule has 1 unspecified atom stereocenters. The van der Waals surface area contributed by atoms with Crippen molar-refractivity contribution in [2.24, 2.45) is 0 Å². The molecule has 0 radical (unpaired) electrons. The summed E-state index contributed by atoms with van der Waals surface area (Å²) in [5.41, 5.74) is 0.845. The maximum Gasteiger partial charge on any atom is 0.332 e. The van der Waals surface area contributed by atoms with Gasteiger partial charge in [0.05, 0.1) is 12.8 Å². The largest absolute Gasteiger partial charge is 0.332 e. The summed E-state index contributed by atoms with van der Waals surface area (Å²) in [5, 5.41) is 4.37. The molecule has 0 aromatic heterocycles. The van der Waals surface area contributed by atoms with Gasteiger partial charge in [-0.1, -0.05) is 42.5 Å². The average Bonchev–Trinajstić information content (AvgIpc) is 2.45. The van der Waals surface area contributed by atoms with Crippen molar-refractivity contribution in [1.29, 1.82) is 0 Å². The number of hydrogen-bond donors (Lipinski definition) is 1. The first kappa shape index (κ1) is 14.3. The quantitative estimate of drug-likeness (QED) is 0.560. The normalized spacial score (nSPS) is 14.4. The maximum atomic E-state index is 12.0. The van der Waals surface area contributed by atoms with Crippen LogP contribution in [0.25, 0.3) is 21.5 Å². The monoisotopic (exact) mass is 300 g/mol. The SMILES string of the molecule is CCOP(=O)(O)Cc1cccc2cc3ccccc3cc12. The molecular formula is C17H17O3P. The zero-order chi connectivity index (χ0) is 14.9. The predicted octanol–water partition coefficient (Wildman–Crippen LogP) is 4.71. The van der Waals surface area contributed by atoms with Crippen LogP contribution in [0.2, 0.25) is 0 Å². The van der Waals surface area contributed by atoms with E-state index in [0.29, 0.717) is 0 Å². The highest BCUT2D eigenvalue weighted by molar-refractivity contribution is 7.52. The number of fused-ring (bicyclic) bond motifs is 2. The molecule has 0 aliphatic heterocycles. The highest BCUT2D eigenvalue weighted by atomic mass is 31.2. The van der Waals surface area contributed by atoms with Crippen LogP contribution < -0.4 is 0 Å². The first-order chi connectivity index (χ1) is 10.1. The van der Waals surface area contributed by atoms with Crippen molar-refractivity contribution in [1.82, 2.24) is 0 Å². The topological polar surface area (TPSA) is 46.5 Å². The fourth-order valence-corrected chi connectivity index (χ4v) is 3.83. The van der Waals surface area contributed by atoms with E-state index in [-0.39, 0.29) is 12.8 Å². The molecule has 0 aliphatic rings. The van der Waals surface area contributed by atoms with Gasteiger partial charge in [-0.15, -0.1) is 0 Å². The lowest BCUT2D eigenvalue weighted by atomic mass is 10.0. The van der Waals surface area contributed by atoms with Crippen LogP contribution in [0.4, 0.5) is 0 Å². The molecule has 1 N–H and O–H groups in total. The number of hydrogen-bond acceptors (Lipinski definition) is 2. The minimum absolute atomic E-state index is 0.0382. The van der Waals surface area contributed by atoms with E-state index in [4.69, 9.17) is 4.52 Å². The molecule has 108 valence electrons. The molecule has 0 saturated heterocycles. The highest BCUT2D eigenvalue weighted by Gasteiger charge is 2.20. The standard InChI is InChI=1S/C17H17O3P/c1-2-20-21(18,19)12-16-9-5-8-15-10-13-6-3-4-7-14(13)11-17(15)16/h3-11H,2,12H2,1H3,(H,18,19). The molecule has 0 amide bonds. The van der Waals surface area contributed by atoms with E-state index < -0.39 is 7.60 Å². The molecule has 0 spiro atoms. The van der Waals surface area contributed by atoms with E-state index in [0.717, 1.165) is 21.7 Å². The van der Waals surface area contributed by atoms with Crippen molar-refractivity contribution >= 4 is 29.1 Å². The molecule has 21 heavy (non-hydrogen) atoms. The van der Waals surface area contributed by atoms with Crippen LogP contribution in [0.5, 0.6) is 0 Å². The molecule has 3 aromatic rings. The minimum Gasteiger partial charge on any atom is -0.324 e. The summed E-state index contributed by atoms with van der Waals surface area (Å²) < 4.78 is 17.0. The van der Waals surface area contributed by atoms with Crippen LogP contribution in [-0.4, -0.2) is 11.5 Å². The van der Waals surface area contributed by atoms with Crippen molar-refractivity contribution in [2.45, 2.75) is 13.1 Å². The molecule has 0 bridgehead atoms. The average molecular weight is 300 g/mol. The third-order valence-corrected chi connectivity index (χ3v) is 4.94. The fraction of sp³-hybridized carbons (Fsp3) is 0.176. The smallest absolute Gasteiger partial charge is 0.324 e. The Morgan fingerprint density at radius 2 is 1.67 bits per heavy atom. The summed E-state index contributed by atoms with van der Waals surface area (Å²) in [5.74, 6) is 0. The summed E-state index contributed by atoms with van der Waals surface area (Å²) in [6.07, 6.45) is 0.0382. The molecule has 0 aliphatic carbocycles. The van der Waals surface area contributed by atoms with Crippen molar-refractivity contribution in [3.63, 3.8) is 0 Å². The van der Waals surface area contributed by atoms with Gasteiger partial charge in [0.25, 0.3) is 0 Å². The lowest BCUT2D eigenvalue weighted by molar-refractivity contribution is 0.273. The van der Waals surface area contributed by atoms with Crippen LogP contribution in [0, 0.1) is 0 Å². The van der Waals surface area contributed by atoms with E-state index in [1.807, 2.05) is 36.4 Å². The summed E-state index contributed by atoms with van der Waals surface area (Å²) in [4.78, 5) is 9.87. The van der Waals surface area contributed by atoms with E-state index in [2.05, 4.69) is 18.2 Å². The first-order valence-corrected chi connectivity index (χ1v) is 8.72. The summed E-state index contributed by atoms with van der Waals surface area (Å²) >= 11 is 0. The highest BCUT2D eigenvalue weighted by Crippen LogP contribution is 2.46. The van der Waals surface area contributed by atoms with Gasteiger partial charge < -0.3 is 9.42 Å². The van der Waals surface area contributed by atoms with Gasteiger partial charge in [-0.3, -0.25) is 4.57 Å². The molecule has 0 saturated carbocycles. The van der Waals surface area contributed by atoms with Gasteiger partial charge in [-0.2, -0.15) is 0 Å². The van der Waals surface area contributed by atoms with Crippen LogP contribution in [0.15, 0.2) is 54.6 Å². The molecule has 3 aromatic carbocycles. The van der Waals surface area contributed by atoms with Gasteiger partial charge in [0.1, 0.15) is 0 Å². The second-order valence-corrected chi connectivity index (χ2v) is 6.90. The van der Waals surface area contributed by atoms with E-state index in [1.54, 1.807) is 6.92 Å². The van der Waals surface area contributed by atoms with Crippen LogP contribution in [0.1, 0.15) is 12.5 Å². The lowest BCUT2D eigenvalue weighted by Crippen LogP contribution is -1.94. The summed E-state index contributed by atoms with van der Waals surface area (Å²) in [6.45, 7) is 1.96.